The minimum Gasteiger partial charge on any atom is -0.494 e. The first-order valence-corrected chi connectivity index (χ1v) is 10.4. The van der Waals surface area contributed by atoms with Crippen molar-refractivity contribution in [2.45, 2.75) is 37.8 Å². The molecule has 2 fully saturated rings. The van der Waals surface area contributed by atoms with Crippen LogP contribution in [-0.4, -0.2) is 43.2 Å². The van der Waals surface area contributed by atoms with Crippen molar-refractivity contribution in [3.05, 3.63) is 66.0 Å². The second-order valence-electron chi connectivity index (χ2n) is 8.00. The summed E-state index contributed by atoms with van der Waals surface area (Å²) in [7, 11) is 0. The van der Waals surface area contributed by atoms with Crippen molar-refractivity contribution in [2.75, 3.05) is 26.2 Å². The number of nitrogens with one attached hydrogen (secondary N) is 2. The predicted molar refractivity (Wildman–Crippen MR) is 110 cm³/mol. The summed E-state index contributed by atoms with van der Waals surface area (Å²) in [4.78, 5) is 2.60. The summed E-state index contributed by atoms with van der Waals surface area (Å²) in [5, 5.41) is 0. The molecule has 0 aromatic heterocycles. The number of hydrazine groups is 1. The molecule has 0 aliphatic carbocycles. The van der Waals surface area contributed by atoms with Crippen LogP contribution in [0.1, 0.15) is 24.8 Å². The molecule has 0 bridgehead atoms. The zero-order valence-electron chi connectivity index (χ0n) is 16.3. The van der Waals surface area contributed by atoms with Crippen molar-refractivity contribution < 1.29 is 9.13 Å². The third-order valence-electron chi connectivity index (χ3n) is 6.00. The van der Waals surface area contributed by atoms with E-state index in [0.717, 1.165) is 31.6 Å². The molecule has 2 saturated heterocycles. The Morgan fingerprint density at radius 1 is 1.04 bits per heavy atom. The summed E-state index contributed by atoms with van der Waals surface area (Å²) in [5.41, 5.74) is 8.38. The third-order valence-corrected chi connectivity index (χ3v) is 6.00. The zero-order chi connectivity index (χ0) is 19.2. The number of benzene rings is 2. The van der Waals surface area contributed by atoms with Crippen molar-refractivity contribution in [1.82, 2.24) is 15.8 Å². The second-order valence-corrected chi connectivity index (χ2v) is 8.00. The number of ether oxygens (including phenoxy) is 1. The molecule has 2 aliphatic rings. The van der Waals surface area contributed by atoms with E-state index in [1.54, 1.807) is 12.1 Å². The quantitative estimate of drug-likeness (QED) is 0.733. The average Bonchev–Trinajstić information content (AvgIpc) is 3.38. The van der Waals surface area contributed by atoms with E-state index in [1.165, 1.54) is 37.2 Å². The SMILES string of the molecule is Fc1ccc(OCCC2CC(C3CCN(CCc4ccccc4)C3)NN2)cc1. The minimum atomic E-state index is -0.230. The molecule has 2 heterocycles. The molecule has 2 aromatic rings. The standard InChI is InChI=1S/C23H30FN3O/c24-20-6-8-22(9-7-20)28-15-12-21-16-23(26-25-21)19-11-14-27(17-19)13-10-18-4-2-1-3-5-18/h1-9,19,21,23,25-26H,10-17H2. The predicted octanol–water partition coefficient (Wildman–Crippen LogP) is 3.39. The largest absolute Gasteiger partial charge is 0.494 e. The lowest BCUT2D eigenvalue weighted by Gasteiger charge is -2.19. The lowest BCUT2D eigenvalue weighted by atomic mass is 9.94. The highest BCUT2D eigenvalue weighted by Crippen LogP contribution is 2.25. The molecule has 0 amide bonds. The molecule has 4 nitrogen and oxygen atoms in total. The van der Waals surface area contributed by atoms with Crippen LogP contribution in [0.25, 0.3) is 0 Å². The van der Waals surface area contributed by atoms with Gasteiger partial charge in [-0.05, 0) is 68.0 Å². The van der Waals surface area contributed by atoms with Crippen molar-refractivity contribution in [2.24, 2.45) is 5.92 Å². The highest BCUT2D eigenvalue weighted by Gasteiger charge is 2.34. The van der Waals surface area contributed by atoms with E-state index in [1.807, 2.05) is 0 Å². The monoisotopic (exact) mass is 383 g/mol. The maximum Gasteiger partial charge on any atom is 0.123 e. The van der Waals surface area contributed by atoms with Crippen molar-refractivity contribution in [3.63, 3.8) is 0 Å². The molecule has 2 N–H and O–H groups in total. The highest BCUT2D eigenvalue weighted by molar-refractivity contribution is 5.22. The van der Waals surface area contributed by atoms with Gasteiger partial charge in [0.25, 0.3) is 0 Å². The van der Waals surface area contributed by atoms with Gasteiger partial charge in [-0.25, -0.2) is 4.39 Å². The van der Waals surface area contributed by atoms with E-state index < -0.39 is 0 Å². The van der Waals surface area contributed by atoms with Crippen molar-refractivity contribution in [1.29, 1.82) is 0 Å². The summed E-state index contributed by atoms with van der Waals surface area (Å²) in [6.45, 7) is 4.18. The Morgan fingerprint density at radius 3 is 2.68 bits per heavy atom. The number of hydrogen-bond acceptors (Lipinski definition) is 4. The van der Waals surface area contributed by atoms with Gasteiger partial charge < -0.3 is 9.64 Å². The Bertz CT molecular complexity index is 724. The van der Waals surface area contributed by atoms with E-state index in [-0.39, 0.29) is 5.82 Å². The lowest BCUT2D eigenvalue weighted by Crippen LogP contribution is -2.38. The van der Waals surface area contributed by atoms with E-state index in [9.17, 15) is 4.39 Å². The van der Waals surface area contributed by atoms with Crippen LogP contribution in [0, 0.1) is 11.7 Å². The Morgan fingerprint density at radius 2 is 1.86 bits per heavy atom. The van der Waals surface area contributed by atoms with E-state index in [2.05, 4.69) is 46.1 Å². The van der Waals surface area contributed by atoms with Gasteiger partial charge in [0.2, 0.25) is 0 Å². The van der Waals surface area contributed by atoms with Gasteiger partial charge in [-0.15, -0.1) is 0 Å². The van der Waals surface area contributed by atoms with Gasteiger partial charge in [-0.2, -0.15) is 0 Å². The first-order valence-electron chi connectivity index (χ1n) is 10.4. The summed E-state index contributed by atoms with van der Waals surface area (Å²) in [6, 6.07) is 18.0. The molecule has 3 atom stereocenters. The fraction of sp³-hybridized carbons (Fsp3) is 0.478. The van der Waals surface area contributed by atoms with Crippen LogP contribution in [0.3, 0.4) is 0 Å². The summed E-state index contributed by atoms with van der Waals surface area (Å²) >= 11 is 0. The molecule has 28 heavy (non-hydrogen) atoms. The van der Waals surface area contributed by atoms with Crippen LogP contribution in [0.4, 0.5) is 4.39 Å². The number of hydrogen-bond donors (Lipinski definition) is 2. The van der Waals surface area contributed by atoms with Gasteiger partial charge >= 0.3 is 0 Å². The number of nitrogens with zero attached hydrogens (tertiary/aromatic N) is 1. The molecule has 0 spiro atoms. The van der Waals surface area contributed by atoms with Crippen molar-refractivity contribution in [3.8, 4) is 5.75 Å². The number of likely N-dealkylation sites (tertiary alicyclic amines) is 1. The average molecular weight is 384 g/mol. The van der Waals surface area contributed by atoms with Gasteiger partial charge in [0.05, 0.1) is 6.61 Å². The summed E-state index contributed by atoms with van der Waals surface area (Å²) < 4.78 is 18.7. The van der Waals surface area contributed by atoms with E-state index >= 15 is 0 Å². The van der Waals surface area contributed by atoms with E-state index in [4.69, 9.17) is 4.74 Å². The highest BCUT2D eigenvalue weighted by atomic mass is 19.1. The molecule has 4 rings (SSSR count). The van der Waals surface area contributed by atoms with Gasteiger partial charge in [0.15, 0.2) is 0 Å². The summed E-state index contributed by atoms with van der Waals surface area (Å²) in [5.74, 6) is 1.21. The molecular formula is C23H30FN3O. The van der Waals surface area contributed by atoms with Crippen LogP contribution in [0.5, 0.6) is 5.75 Å². The van der Waals surface area contributed by atoms with Gasteiger partial charge in [0.1, 0.15) is 11.6 Å². The molecular weight excluding hydrogens is 353 g/mol. The number of rotatable bonds is 8. The first-order chi connectivity index (χ1) is 13.8. The Balaban J connectivity index is 1.15. The maximum atomic E-state index is 12.9. The molecule has 0 saturated carbocycles. The van der Waals surface area contributed by atoms with Crippen LogP contribution in [-0.2, 0) is 6.42 Å². The molecule has 0 radical (unpaired) electrons. The van der Waals surface area contributed by atoms with Gasteiger partial charge in [0, 0.05) is 25.2 Å². The van der Waals surface area contributed by atoms with Crippen LogP contribution in [0.15, 0.2) is 54.6 Å². The van der Waals surface area contributed by atoms with Crippen LogP contribution in [0.2, 0.25) is 0 Å². The van der Waals surface area contributed by atoms with Crippen LogP contribution >= 0.6 is 0 Å². The molecule has 2 aromatic carbocycles. The minimum absolute atomic E-state index is 0.230. The topological polar surface area (TPSA) is 36.5 Å². The number of halogens is 1. The Kier molecular flexibility index (Phi) is 6.57. The Hall–Kier alpha value is -1.95. The Labute approximate surface area is 167 Å². The zero-order valence-corrected chi connectivity index (χ0v) is 16.3. The molecule has 3 unspecified atom stereocenters. The van der Waals surface area contributed by atoms with Crippen LogP contribution < -0.4 is 15.6 Å². The van der Waals surface area contributed by atoms with E-state index in [0.29, 0.717) is 24.6 Å². The smallest absolute Gasteiger partial charge is 0.123 e. The fourth-order valence-corrected chi connectivity index (χ4v) is 4.33. The normalized spacial score (nSPS) is 25.2. The molecule has 150 valence electrons. The third kappa shape index (κ3) is 5.31. The second kappa shape index (κ2) is 9.50. The molecule has 2 aliphatic heterocycles. The summed E-state index contributed by atoms with van der Waals surface area (Å²) in [6.07, 6.45) is 4.50. The first kappa shape index (κ1) is 19.4. The van der Waals surface area contributed by atoms with Crippen molar-refractivity contribution >= 4 is 0 Å². The fourth-order valence-electron chi connectivity index (χ4n) is 4.33. The molecule has 5 heteroatoms. The lowest BCUT2D eigenvalue weighted by molar-refractivity contribution is 0.288. The van der Waals surface area contributed by atoms with Gasteiger partial charge in [-0.1, -0.05) is 30.3 Å². The van der Waals surface area contributed by atoms with Gasteiger partial charge in [-0.3, -0.25) is 10.9 Å². The maximum absolute atomic E-state index is 12.9.